The minimum Gasteiger partial charge on any atom is -0.457 e. The highest BCUT2D eigenvalue weighted by Gasteiger charge is 2.13. The zero-order chi connectivity index (χ0) is 19.3. The molecular weight excluding hydrogens is 324 g/mol. The average Bonchev–Trinajstić information content (AvgIpc) is 2.62. The molecule has 0 saturated carbocycles. The van der Waals surface area contributed by atoms with Crippen LogP contribution in [-0.4, -0.2) is 30.8 Å². The van der Waals surface area contributed by atoms with Crippen molar-refractivity contribution in [1.29, 1.82) is 0 Å². The fourth-order valence-corrected chi connectivity index (χ4v) is 2.52. The van der Waals surface area contributed by atoms with E-state index in [0.29, 0.717) is 5.56 Å². The number of aliphatic imine (C=N–C) groups is 1. The van der Waals surface area contributed by atoms with Crippen molar-refractivity contribution in [3.05, 3.63) is 63.7 Å². The molecule has 138 valence electrons. The maximum Gasteiger partial charge on any atom is 0.338 e. The summed E-state index contributed by atoms with van der Waals surface area (Å²) in [4.78, 5) is 19.0. The highest BCUT2D eigenvalue weighted by Crippen LogP contribution is 2.24. The van der Waals surface area contributed by atoms with Crippen LogP contribution in [0.2, 0.25) is 0 Å². The van der Waals surface area contributed by atoms with Gasteiger partial charge in [-0.05, 0) is 74.6 Å². The van der Waals surface area contributed by atoms with Gasteiger partial charge in [0, 0.05) is 13.6 Å². The Morgan fingerprint density at radius 3 is 2.42 bits per heavy atom. The molecule has 0 N–H and O–H groups in total. The molecular formula is C22H28N2O2. The Hall–Kier alpha value is -2.62. The van der Waals surface area contributed by atoms with Crippen LogP contribution in [0.15, 0.2) is 35.3 Å². The second-order valence-electron chi connectivity index (χ2n) is 6.77. The van der Waals surface area contributed by atoms with Gasteiger partial charge in [0.15, 0.2) is 0 Å². The molecule has 0 radical (unpaired) electrons. The van der Waals surface area contributed by atoms with E-state index >= 15 is 0 Å². The van der Waals surface area contributed by atoms with Gasteiger partial charge >= 0.3 is 5.97 Å². The van der Waals surface area contributed by atoms with Crippen molar-refractivity contribution in [1.82, 2.24) is 4.90 Å². The van der Waals surface area contributed by atoms with Crippen LogP contribution in [0.3, 0.4) is 0 Å². The van der Waals surface area contributed by atoms with Crippen LogP contribution in [0.4, 0.5) is 5.69 Å². The molecule has 2 rings (SSSR count). The molecule has 0 heterocycles. The third-order valence-electron chi connectivity index (χ3n) is 4.60. The standard InChI is InChI=1S/C22H28N2O2/c1-7-24(6)14-23-21-12-17(4)20(11-18(21)5)22(25)26-13-19-9-8-15(2)16(3)10-19/h8-12,14H,7,13H2,1-6H3/b23-14+. The van der Waals surface area contributed by atoms with Crippen LogP contribution in [0.5, 0.6) is 0 Å². The molecule has 0 saturated heterocycles. The van der Waals surface area contributed by atoms with Crippen molar-refractivity contribution >= 4 is 18.0 Å². The Morgan fingerprint density at radius 1 is 1.04 bits per heavy atom. The van der Waals surface area contributed by atoms with Crippen LogP contribution in [0, 0.1) is 27.7 Å². The molecule has 4 nitrogen and oxygen atoms in total. The third kappa shape index (κ3) is 4.94. The first-order chi connectivity index (χ1) is 12.3. The predicted octanol–water partition coefficient (Wildman–Crippen LogP) is 4.89. The van der Waals surface area contributed by atoms with Gasteiger partial charge in [-0.25, -0.2) is 9.79 Å². The molecule has 0 fully saturated rings. The van der Waals surface area contributed by atoms with Gasteiger partial charge in [0.2, 0.25) is 0 Å². The summed E-state index contributed by atoms with van der Waals surface area (Å²) in [5, 5.41) is 0. The van der Waals surface area contributed by atoms with E-state index in [2.05, 4.69) is 31.8 Å². The summed E-state index contributed by atoms with van der Waals surface area (Å²) >= 11 is 0. The highest BCUT2D eigenvalue weighted by molar-refractivity contribution is 5.92. The van der Waals surface area contributed by atoms with Gasteiger partial charge in [0.05, 0.1) is 17.6 Å². The first kappa shape index (κ1) is 19.7. The van der Waals surface area contributed by atoms with Crippen molar-refractivity contribution in [2.75, 3.05) is 13.6 Å². The van der Waals surface area contributed by atoms with Crippen molar-refractivity contribution < 1.29 is 9.53 Å². The molecule has 0 aliphatic carbocycles. The minimum atomic E-state index is -0.301. The largest absolute Gasteiger partial charge is 0.457 e. The van der Waals surface area contributed by atoms with Crippen LogP contribution in [-0.2, 0) is 11.3 Å². The summed E-state index contributed by atoms with van der Waals surface area (Å²) in [6.45, 7) is 11.2. The summed E-state index contributed by atoms with van der Waals surface area (Å²) in [5.74, 6) is -0.301. The molecule has 0 aromatic heterocycles. The van der Waals surface area contributed by atoms with Crippen molar-refractivity contribution in [3.63, 3.8) is 0 Å². The molecule has 0 spiro atoms. The fourth-order valence-electron chi connectivity index (χ4n) is 2.52. The molecule has 0 aliphatic heterocycles. The molecule has 0 bridgehead atoms. The second kappa shape index (κ2) is 8.65. The lowest BCUT2D eigenvalue weighted by atomic mass is 10.0. The van der Waals surface area contributed by atoms with Gasteiger partial charge in [-0.15, -0.1) is 0 Å². The molecule has 26 heavy (non-hydrogen) atoms. The number of esters is 1. The maximum absolute atomic E-state index is 12.5. The minimum absolute atomic E-state index is 0.277. The van der Waals surface area contributed by atoms with E-state index in [4.69, 9.17) is 4.74 Å². The van der Waals surface area contributed by atoms with E-state index < -0.39 is 0 Å². The summed E-state index contributed by atoms with van der Waals surface area (Å²) in [5.41, 5.74) is 6.71. The van der Waals surface area contributed by atoms with E-state index in [-0.39, 0.29) is 12.6 Å². The molecule has 2 aromatic carbocycles. The molecule has 0 amide bonds. The smallest absolute Gasteiger partial charge is 0.338 e. The van der Waals surface area contributed by atoms with Gasteiger partial charge in [0.1, 0.15) is 6.61 Å². The fraction of sp³-hybridized carbons (Fsp3) is 0.364. The predicted molar refractivity (Wildman–Crippen MR) is 107 cm³/mol. The zero-order valence-corrected chi connectivity index (χ0v) is 16.6. The van der Waals surface area contributed by atoms with Gasteiger partial charge < -0.3 is 9.64 Å². The quantitative estimate of drug-likeness (QED) is 0.422. The Labute approximate surface area is 156 Å². The number of rotatable bonds is 6. The van der Waals surface area contributed by atoms with Crippen molar-refractivity contribution in [2.45, 2.75) is 41.2 Å². The first-order valence-electron chi connectivity index (χ1n) is 8.90. The van der Waals surface area contributed by atoms with Crippen LogP contribution >= 0.6 is 0 Å². The Balaban J connectivity index is 2.12. The molecule has 2 aromatic rings. The summed E-state index contributed by atoms with van der Waals surface area (Å²) in [6, 6.07) is 9.89. The summed E-state index contributed by atoms with van der Waals surface area (Å²) in [6.07, 6.45) is 1.81. The zero-order valence-electron chi connectivity index (χ0n) is 16.6. The number of hydrogen-bond acceptors (Lipinski definition) is 3. The van der Waals surface area contributed by atoms with Gasteiger partial charge in [0.25, 0.3) is 0 Å². The van der Waals surface area contributed by atoms with E-state index in [1.807, 2.05) is 50.1 Å². The SMILES string of the molecule is CCN(C)/C=N/c1cc(C)c(C(=O)OCc2ccc(C)c(C)c2)cc1C. The Kier molecular flexibility index (Phi) is 6.56. The Bertz CT molecular complexity index is 825. The van der Waals surface area contributed by atoms with Crippen LogP contribution in [0.1, 0.15) is 45.1 Å². The summed E-state index contributed by atoms with van der Waals surface area (Å²) < 4.78 is 5.51. The molecule has 0 aliphatic rings. The number of aryl methyl sites for hydroxylation is 4. The van der Waals surface area contributed by atoms with E-state index in [1.54, 1.807) is 6.34 Å². The number of hydrogen-bond donors (Lipinski definition) is 0. The second-order valence-corrected chi connectivity index (χ2v) is 6.77. The number of nitrogens with zero attached hydrogens (tertiary/aromatic N) is 2. The first-order valence-corrected chi connectivity index (χ1v) is 8.90. The normalized spacial score (nSPS) is 11.0. The van der Waals surface area contributed by atoms with E-state index in [0.717, 1.165) is 28.9 Å². The number of benzene rings is 2. The lowest BCUT2D eigenvalue weighted by Gasteiger charge is -2.12. The lowest BCUT2D eigenvalue weighted by molar-refractivity contribution is 0.0471. The average molecular weight is 352 g/mol. The third-order valence-corrected chi connectivity index (χ3v) is 4.60. The van der Waals surface area contributed by atoms with Gasteiger partial charge in [-0.1, -0.05) is 18.2 Å². The number of carbonyl (C=O) groups is 1. The lowest BCUT2D eigenvalue weighted by Crippen LogP contribution is -2.14. The monoisotopic (exact) mass is 352 g/mol. The summed E-state index contributed by atoms with van der Waals surface area (Å²) in [7, 11) is 1.98. The van der Waals surface area contributed by atoms with E-state index in [9.17, 15) is 4.79 Å². The topological polar surface area (TPSA) is 41.9 Å². The van der Waals surface area contributed by atoms with Crippen molar-refractivity contribution in [3.8, 4) is 0 Å². The van der Waals surface area contributed by atoms with Crippen LogP contribution < -0.4 is 0 Å². The molecule has 0 atom stereocenters. The van der Waals surface area contributed by atoms with Gasteiger partial charge in [-0.2, -0.15) is 0 Å². The van der Waals surface area contributed by atoms with Gasteiger partial charge in [-0.3, -0.25) is 0 Å². The maximum atomic E-state index is 12.5. The number of carbonyl (C=O) groups excluding carboxylic acids is 1. The van der Waals surface area contributed by atoms with E-state index in [1.165, 1.54) is 11.1 Å². The highest BCUT2D eigenvalue weighted by atomic mass is 16.5. The molecule has 0 unspecified atom stereocenters. The van der Waals surface area contributed by atoms with Crippen LogP contribution in [0.25, 0.3) is 0 Å². The van der Waals surface area contributed by atoms with Crippen molar-refractivity contribution in [2.24, 2.45) is 4.99 Å². The molecule has 4 heteroatoms. The number of ether oxygens (including phenoxy) is 1. The Morgan fingerprint density at radius 2 is 1.77 bits per heavy atom.